The van der Waals surface area contributed by atoms with Crippen molar-refractivity contribution in [3.63, 3.8) is 0 Å². The van der Waals surface area contributed by atoms with E-state index in [1.165, 1.54) is 0 Å². The van der Waals surface area contributed by atoms with Crippen LogP contribution < -0.4 is 0 Å². The van der Waals surface area contributed by atoms with Gasteiger partial charge in [-0.2, -0.15) is 0 Å². The zero-order valence-corrected chi connectivity index (χ0v) is 16.4. The van der Waals surface area contributed by atoms with Crippen LogP contribution in [0.1, 0.15) is 34.1 Å². The summed E-state index contributed by atoms with van der Waals surface area (Å²) in [4.78, 5) is 56.6. The molecule has 1 aliphatic heterocycles. The Bertz CT molecular complexity index is 630. The number of carboxylic acids is 1. The minimum absolute atomic E-state index is 0.316. The number of aliphatic carboxylic acids is 1. The molecule has 0 bridgehead atoms. The van der Waals surface area contributed by atoms with Gasteiger partial charge in [-0.3, -0.25) is 24.0 Å². The van der Waals surface area contributed by atoms with Crippen LogP contribution in [-0.4, -0.2) is 78.9 Å². The molecule has 1 N–H and O–H groups in total. The van der Waals surface area contributed by atoms with Gasteiger partial charge in [0, 0.05) is 27.7 Å². The minimum Gasteiger partial charge on any atom is -0.481 e. The molecule has 5 atom stereocenters. The van der Waals surface area contributed by atoms with Gasteiger partial charge in [-0.05, 0) is 0 Å². The van der Waals surface area contributed by atoms with Gasteiger partial charge in [-0.1, -0.05) is 0 Å². The number of ether oxygens (including phenoxy) is 6. The molecule has 29 heavy (non-hydrogen) atoms. The normalized spacial score (nSPS) is 26.1. The molecule has 1 fully saturated rings. The van der Waals surface area contributed by atoms with Crippen molar-refractivity contribution < 1.29 is 57.5 Å². The van der Waals surface area contributed by atoms with E-state index < -0.39 is 67.2 Å². The van der Waals surface area contributed by atoms with Crippen molar-refractivity contribution in [3.8, 4) is 0 Å². The molecule has 4 unspecified atom stereocenters. The lowest BCUT2D eigenvalue weighted by molar-refractivity contribution is -0.308. The maximum Gasteiger partial charge on any atom is 0.305 e. The van der Waals surface area contributed by atoms with Crippen molar-refractivity contribution in [1.29, 1.82) is 0 Å². The van der Waals surface area contributed by atoms with Crippen LogP contribution in [0.2, 0.25) is 0 Å². The highest BCUT2D eigenvalue weighted by Crippen LogP contribution is 2.30. The van der Waals surface area contributed by atoms with Gasteiger partial charge in [0.1, 0.15) is 12.7 Å². The van der Waals surface area contributed by atoms with Crippen LogP contribution in [-0.2, 0) is 52.4 Å². The van der Waals surface area contributed by atoms with Crippen LogP contribution in [0.3, 0.4) is 0 Å². The molecule has 1 saturated heterocycles. The number of hydrogen-bond acceptors (Lipinski definition) is 11. The molecular weight excluding hydrogens is 396 g/mol. The van der Waals surface area contributed by atoms with Crippen LogP contribution in [0.4, 0.5) is 0 Å². The lowest BCUT2D eigenvalue weighted by Gasteiger charge is -2.44. The number of carbonyl (C=O) groups excluding carboxylic acids is 4. The first-order valence-electron chi connectivity index (χ1n) is 8.65. The molecule has 0 aromatic rings. The summed E-state index contributed by atoms with van der Waals surface area (Å²) < 4.78 is 31.4. The molecular formula is C17H24O12. The SMILES string of the molecule is CC(=O)OCC1O[C@@H](OCCC(=O)O)C(OC(C)=O)C(OC(C)=O)C1OC(C)=O. The molecule has 1 heterocycles. The average Bonchev–Trinajstić information content (AvgIpc) is 2.56. The fourth-order valence-electron chi connectivity index (χ4n) is 2.59. The molecule has 0 amide bonds. The third kappa shape index (κ3) is 8.44. The van der Waals surface area contributed by atoms with Crippen molar-refractivity contribution in [2.24, 2.45) is 0 Å². The number of esters is 4. The molecule has 12 nitrogen and oxygen atoms in total. The summed E-state index contributed by atoms with van der Waals surface area (Å²) in [5.41, 5.74) is 0. The Morgan fingerprint density at radius 1 is 0.793 bits per heavy atom. The molecule has 0 aromatic heterocycles. The quantitative estimate of drug-likeness (QED) is 0.379. The fourth-order valence-corrected chi connectivity index (χ4v) is 2.59. The molecule has 164 valence electrons. The second-order valence-electron chi connectivity index (χ2n) is 6.08. The highest BCUT2D eigenvalue weighted by molar-refractivity contribution is 5.69. The summed E-state index contributed by atoms with van der Waals surface area (Å²) >= 11 is 0. The van der Waals surface area contributed by atoms with E-state index >= 15 is 0 Å². The monoisotopic (exact) mass is 420 g/mol. The van der Waals surface area contributed by atoms with Crippen molar-refractivity contribution in [3.05, 3.63) is 0 Å². The standard InChI is InChI=1S/C17H24O12/c1-8(18)25-7-12-14(26-9(2)19)15(27-10(3)20)16(28-11(4)21)17(29-12)24-6-5-13(22)23/h12,14-17H,5-7H2,1-4H3,(H,22,23)/t12?,14?,15?,16?,17-/m1/s1. The molecule has 0 aromatic carbocycles. The van der Waals surface area contributed by atoms with Crippen LogP contribution in [0, 0.1) is 0 Å². The van der Waals surface area contributed by atoms with Gasteiger partial charge in [-0.15, -0.1) is 0 Å². The highest BCUT2D eigenvalue weighted by Gasteiger charge is 2.52. The van der Waals surface area contributed by atoms with Gasteiger partial charge in [0.25, 0.3) is 0 Å². The molecule has 0 spiro atoms. The Morgan fingerprint density at radius 3 is 1.79 bits per heavy atom. The first kappa shape index (κ1) is 24.3. The van der Waals surface area contributed by atoms with Gasteiger partial charge < -0.3 is 33.5 Å². The first-order chi connectivity index (χ1) is 13.5. The van der Waals surface area contributed by atoms with E-state index in [0.717, 1.165) is 27.7 Å². The van der Waals surface area contributed by atoms with Gasteiger partial charge in [0.15, 0.2) is 24.6 Å². The lowest BCUT2D eigenvalue weighted by atomic mass is 9.98. The number of carbonyl (C=O) groups is 5. The van der Waals surface area contributed by atoms with E-state index in [2.05, 4.69) is 0 Å². The van der Waals surface area contributed by atoms with Gasteiger partial charge in [0.05, 0.1) is 13.0 Å². The highest BCUT2D eigenvalue weighted by atomic mass is 16.7. The van der Waals surface area contributed by atoms with E-state index in [1.54, 1.807) is 0 Å². The predicted octanol–water partition coefficient (Wildman–Crippen LogP) is -0.439. The topological polar surface area (TPSA) is 161 Å². The Balaban J connectivity index is 3.22. The number of carboxylic acid groups (broad SMARTS) is 1. The Kier molecular flexibility index (Phi) is 9.48. The second-order valence-corrected chi connectivity index (χ2v) is 6.08. The second kappa shape index (κ2) is 11.3. The maximum atomic E-state index is 11.6. The van der Waals surface area contributed by atoms with E-state index in [9.17, 15) is 24.0 Å². The van der Waals surface area contributed by atoms with Crippen molar-refractivity contribution in [2.75, 3.05) is 13.2 Å². The molecule has 0 saturated carbocycles. The Labute approximate surface area is 166 Å². The van der Waals surface area contributed by atoms with Gasteiger partial charge in [0.2, 0.25) is 0 Å². The van der Waals surface area contributed by atoms with E-state index in [1.807, 2.05) is 0 Å². The van der Waals surface area contributed by atoms with Crippen molar-refractivity contribution in [2.45, 2.75) is 64.8 Å². The van der Waals surface area contributed by atoms with Crippen molar-refractivity contribution in [1.82, 2.24) is 0 Å². The zero-order chi connectivity index (χ0) is 22.1. The zero-order valence-electron chi connectivity index (χ0n) is 16.4. The molecule has 1 aliphatic rings. The van der Waals surface area contributed by atoms with E-state index in [4.69, 9.17) is 33.5 Å². The minimum atomic E-state index is -1.38. The van der Waals surface area contributed by atoms with Crippen molar-refractivity contribution >= 4 is 29.8 Å². The summed E-state index contributed by atoms with van der Waals surface area (Å²) in [6.07, 6.45) is -6.93. The summed E-state index contributed by atoms with van der Waals surface area (Å²) in [6.45, 7) is 3.72. The predicted molar refractivity (Wildman–Crippen MR) is 90.2 cm³/mol. The van der Waals surface area contributed by atoms with E-state index in [-0.39, 0.29) is 13.0 Å². The first-order valence-corrected chi connectivity index (χ1v) is 8.65. The Hall–Kier alpha value is -2.73. The molecule has 0 radical (unpaired) electrons. The molecule has 0 aliphatic carbocycles. The summed E-state index contributed by atoms with van der Waals surface area (Å²) in [5, 5.41) is 8.77. The smallest absolute Gasteiger partial charge is 0.305 e. The fraction of sp³-hybridized carbons (Fsp3) is 0.706. The van der Waals surface area contributed by atoms with Gasteiger partial charge >= 0.3 is 29.8 Å². The summed E-state index contributed by atoms with van der Waals surface area (Å²) in [7, 11) is 0. The third-order valence-electron chi connectivity index (χ3n) is 3.55. The van der Waals surface area contributed by atoms with Crippen LogP contribution >= 0.6 is 0 Å². The maximum absolute atomic E-state index is 11.6. The largest absolute Gasteiger partial charge is 0.481 e. The lowest BCUT2D eigenvalue weighted by Crippen LogP contribution is -2.63. The number of hydrogen-bond donors (Lipinski definition) is 1. The van der Waals surface area contributed by atoms with Crippen LogP contribution in [0.25, 0.3) is 0 Å². The average molecular weight is 420 g/mol. The van der Waals surface area contributed by atoms with E-state index in [0.29, 0.717) is 0 Å². The Morgan fingerprint density at radius 2 is 1.31 bits per heavy atom. The summed E-state index contributed by atoms with van der Waals surface area (Å²) in [6, 6.07) is 0. The molecule has 1 rings (SSSR count). The third-order valence-corrected chi connectivity index (χ3v) is 3.55. The van der Waals surface area contributed by atoms with Crippen LogP contribution in [0.5, 0.6) is 0 Å². The molecule has 12 heteroatoms. The van der Waals surface area contributed by atoms with Crippen LogP contribution in [0.15, 0.2) is 0 Å². The van der Waals surface area contributed by atoms with Gasteiger partial charge in [-0.25, -0.2) is 0 Å². The summed E-state index contributed by atoms with van der Waals surface area (Å²) in [5.74, 6) is -4.10. The number of rotatable bonds is 9.